The normalized spacial score (nSPS) is 10.8. The number of benzene rings is 3. The second kappa shape index (κ2) is 14.1. The molecule has 0 fully saturated rings. The first-order valence-corrected chi connectivity index (χ1v) is 14.2. The molecule has 0 saturated heterocycles. The molecule has 0 aromatic heterocycles. The Labute approximate surface area is 213 Å². The highest BCUT2D eigenvalue weighted by Gasteiger charge is 2.06. The SMILES string of the molecule is CCCCCCSNC(=O)c1ccc(CSCc2ccc(-c3cccc(N(C)C)c3)cc2)cc1. The maximum Gasteiger partial charge on any atom is 0.261 e. The van der Waals surface area contributed by atoms with Gasteiger partial charge >= 0.3 is 0 Å². The Bertz CT molecular complexity index is 1020. The molecular weight excluding hydrogens is 456 g/mol. The standard InChI is InChI=1S/C29H36N2OS2/c1-4-5-6-7-19-34-30-29(32)26-17-13-24(14-18-26)22-33-21-23-11-15-25(16-12-23)27-9-8-10-28(20-27)31(2)3/h8-18,20H,4-7,19,21-22H2,1-3H3,(H,30,32). The van der Waals surface area contributed by atoms with Crippen molar-refractivity contribution in [2.75, 3.05) is 24.7 Å². The fraction of sp³-hybridized carbons (Fsp3) is 0.345. The van der Waals surface area contributed by atoms with Crippen LogP contribution < -0.4 is 9.62 Å². The molecule has 0 heterocycles. The van der Waals surface area contributed by atoms with Crippen LogP contribution in [0.25, 0.3) is 11.1 Å². The molecule has 0 spiro atoms. The van der Waals surface area contributed by atoms with Crippen molar-refractivity contribution in [3.8, 4) is 11.1 Å². The Morgan fingerprint density at radius 3 is 2.15 bits per heavy atom. The molecule has 3 aromatic rings. The highest BCUT2D eigenvalue weighted by molar-refractivity contribution is 7.98. The van der Waals surface area contributed by atoms with Crippen molar-refractivity contribution in [2.24, 2.45) is 0 Å². The minimum Gasteiger partial charge on any atom is -0.378 e. The lowest BCUT2D eigenvalue weighted by atomic mass is 10.0. The van der Waals surface area contributed by atoms with Crippen LogP contribution in [-0.2, 0) is 11.5 Å². The number of unbranched alkanes of at least 4 members (excludes halogenated alkanes) is 3. The lowest BCUT2D eigenvalue weighted by Crippen LogP contribution is -2.16. The van der Waals surface area contributed by atoms with E-state index in [9.17, 15) is 4.79 Å². The van der Waals surface area contributed by atoms with Crippen molar-refractivity contribution in [1.29, 1.82) is 0 Å². The predicted molar refractivity (Wildman–Crippen MR) is 152 cm³/mol. The van der Waals surface area contributed by atoms with Crippen LogP contribution in [0.4, 0.5) is 5.69 Å². The molecule has 0 atom stereocenters. The van der Waals surface area contributed by atoms with Crippen molar-refractivity contribution >= 4 is 35.3 Å². The third-order valence-corrected chi connectivity index (χ3v) is 7.57. The first-order valence-electron chi connectivity index (χ1n) is 12.0. The highest BCUT2D eigenvalue weighted by Crippen LogP contribution is 2.26. The van der Waals surface area contributed by atoms with Crippen LogP contribution in [0.5, 0.6) is 0 Å². The van der Waals surface area contributed by atoms with Gasteiger partial charge in [-0.15, -0.1) is 0 Å². The number of nitrogens with zero attached hydrogens (tertiary/aromatic N) is 1. The second-order valence-electron chi connectivity index (χ2n) is 8.67. The summed E-state index contributed by atoms with van der Waals surface area (Å²) in [5.41, 5.74) is 6.98. The number of hydrogen-bond acceptors (Lipinski definition) is 4. The topological polar surface area (TPSA) is 32.3 Å². The van der Waals surface area contributed by atoms with Crippen LogP contribution in [0.15, 0.2) is 72.8 Å². The fourth-order valence-corrected chi connectivity index (χ4v) is 5.23. The summed E-state index contributed by atoms with van der Waals surface area (Å²) in [6.07, 6.45) is 4.90. The van der Waals surface area contributed by atoms with Crippen LogP contribution in [0.1, 0.15) is 54.1 Å². The Hall–Kier alpha value is -2.37. The minimum absolute atomic E-state index is 0.00379. The van der Waals surface area contributed by atoms with Gasteiger partial charge in [0.15, 0.2) is 0 Å². The van der Waals surface area contributed by atoms with Crippen molar-refractivity contribution in [3.63, 3.8) is 0 Å². The first kappa shape index (κ1) is 26.2. The smallest absolute Gasteiger partial charge is 0.261 e. The predicted octanol–water partition coefficient (Wildman–Crippen LogP) is 7.81. The van der Waals surface area contributed by atoms with Gasteiger partial charge in [0.2, 0.25) is 0 Å². The van der Waals surface area contributed by atoms with E-state index in [2.05, 4.69) is 91.3 Å². The summed E-state index contributed by atoms with van der Waals surface area (Å²) in [7, 11) is 4.13. The maximum absolute atomic E-state index is 12.3. The molecule has 1 N–H and O–H groups in total. The zero-order valence-electron chi connectivity index (χ0n) is 20.5. The summed E-state index contributed by atoms with van der Waals surface area (Å²) >= 11 is 3.41. The van der Waals surface area contributed by atoms with Crippen LogP contribution >= 0.6 is 23.7 Å². The Morgan fingerprint density at radius 2 is 1.50 bits per heavy atom. The second-order valence-corrected chi connectivity index (χ2v) is 10.6. The van der Waals surface area contributed by atoms with Gasteiger partial charge in [0.1, 0.15) is 0 Å². The van der Waals surface area contributed by atoms with E-state index in [0.29, 0.717) is 0 Å². The summed E-state index contributed by atoms with van der Waals surface area (Å²) in [5, 5.41) is 0. The van der Waals surface area contributed by atoms with Gasteiger partial charge in [-0.1, -0.05) is 86.7 Å². The van der Waals surface area contributed by atoms with Gasteiger partial charge in [-0.2, -0.15) is 11.8 Å². The van der Waals surface area contributed by atoms with Crippen LogP contribution in [0.3, 0.4) is 0 Å². The molecule has 0 aliphatic rings. The number of hydrogen-bond donors (Lipinski definition) is 1. The molecule has 0 bridgehead atoms. The maximum atomic E-state index is 12.3. The number of carbonyl (C=O) groups excluding carboxylic acids is 1. The number of anilines is 1. The van der Waals surface area contributed by atoms with Crippen molar-refractivity contribution in [3.05, 3.63) is 89.5 Å². The average Bonchev–Trinajstić information content (AvgIpc) is 2.87. The number of rotatable bonds is 13. The number of nitrogens with one attached hydrogen (secondary N) is 1. The molecule has 1 amide bonds. The quantitative estimate of drug-likeness (QED) is 0.195. The summed E-state index contributed by atoms with van der Waals surface area (Å²) < 4.78 is 2.95. The largest absolute Gasteiger partial charge is 0.378 e. The zero-order chi connectivity index (χ0) is 24.2. The van der Waals surface area contributed by atoms with E-state index < -0.39 is 0 Å². The summed E-state index contributed by atoms with van der Waals surface area (Å²) in [6, 6.07) is 25.5. The van der Waals surface area contributed by atoms with Gasteiger partial charge in [-0.25, -0.2) is 0 Å². The van der Waals surface area contributed by atoms with Gasteiger partial charge in [0.05, 0.1) is 0 Å². The molecule has 34 heavy (non-hydrogen) atoms. The third-order valence-electron chi connectivity index (χ3n) is 5.67. The van der Waals surface area contributed by atoms with Gasteiger partial charge in [0.25, 0.3) is 5.91 Å². The Morgan fingerprint density at radius 1 is 0.824 bits per heavy atom. The van der Waals surface area contributed by atoms with Crippen molar-refractivity contribution in [1.82, 2.24) is 4.72 Å². The van der Waals surface area contributed by atoms with E-state index in [-0.39, 0.29) is 5.91 Å². The van der Waals surface area contributed by atoms with E-state index in [0.717, 1.165) is 29.2 Å². The molecule has 0 unspecified atom stereocenters. The third kappa shape index (κ3) is 8.44. The lowest BCUT2D eigenvalue weighted by Gasteiger charge is -2.13. The summed E-state index contributed by atoms with van der Waals surface area (Å²) in [6.45, 7) is 2.21. The van der Waals surface area contributed by atoms with E-state index in [1.54, 1.807) is 0 Å². The zero-order valence-corrected chi connectivity index (χ0v) is 22.2. The van der Waals surface area contributed by atoms with Crippen LogP contribution in [0.2, 0.25) is 0 Å². The minimum atomic E-state index is -0.00379. The molecular formula is C29H36N2OS2. The molecule has 0 saturated carbocycles. The first-order chi connectivity index (χ1) is 16.6. The van der Waals surface area contributed by atoms with Gasteiger partial charge in [-0.3, -0.25) is 9.52 Å². The number of thioether (sulfide) groups is 1. The van der Waals surface area contributed by atoms with Crippen molar-refractivity contribution < 1.29 is 4.79 Å². The Kier molecular flexibility index (Phi) is 10.9. The lowest BCUT2D eigenvalue weighted by molar-refractivity contribution is 0.0984. The summed E-state index contributed by atoms with van der Waals surface area (Å²) in [4.78, 5) is 14.4. The van der Waals surface area contributed by atoms with E-state index in [4.69, 9.17) is 0 Å². The van der Waals surface area contributed by atoms with E-state index >= 15 is 0 Å². The molecule has 3 rings (SSSR count). The summed E-state index contributed by atoms with van der Waals surface area (Å²) in [5.74, 6) is 2.87. The molecule has 3 aromatic carbocycles. The number of carbonyl (C=O) groups is 1. The van der Waals surface area contributed by atoms with E-state index in [1.165, 1.54) is 59.2 Å². The average molecular weight is 493 g/mol. The van der Waals surface area contributed by atoms with Gasteiger partial charge in [-0.05, 0) is 52.9 Å². The van der Waals surface area contributed by atoms with Gasteiger partial charge in [0, 0.05) is 42.6 Å². The fourth-order valence-electron chi connectivity index (χ4n) is 3.57. The van der Waals surface area contributed by atoms with Gasteiger partial charge < -0.3 is 4.90 Å². The Balaban J connectivity index is 1.42. The molecule has 5 heteroatoms. The molecule has 180 valence electrons. The molecule has 3 nitrogen and oxygen atoms in total. The molecule has 0 aliphatic heterocycles. The highest BCUT2D eigenvalue weighted by atomic mass is 32.2. The van der Waals surface area contributed by atoms with E-state index in [1.807, 2.05) is 23.9 Å². The van der Waals surface area contributed by atoms with Crippen molar-refractivity contribution in [2.45, 2.75) is 44.1 Å². The monoisotopic (exact) mass is 492 g/mol. The molecule has 0 radical (unpaired) electrons. The van der Waals surface area contributed by atoms with Crippen LogP contribution in [-0.4, -0.2) is 25.8 Å². The molecule has 0 aliphatic carbocycles. The number of amides is 1. The van der Waals surface area contributed by atoms with Crippen LogP contribution in [0, 0.1) is 0 Å².